The van der Waals surface area contributed by atoms with Crippen LogP contribution in [0, 0.1) is 5.82 Å². The van der Waals surface area contributed by atoms with Crippen molar-refractivity contribution in [2.24, 2.45) is 0 Å². The Hall–Kier alpha value is -2.14. The van der Waals surface area contributed by atoms with Gasteiger partial charge in [0.2, 0.25) is 0 Å². The fourth-order valence-corrected chi connectivity index (χ4v) is 4.18. The first-order chi connectivity index (χ1) is 11.1. The number of carbonyl (C=O) groups is 1. The van der Waals surface area contributed by atoms with E-state index in [2.05, 4.69) is 4.74 Å². The number of sulfonamides is 1. The molecule has 24 heavy (non-hydrogen) atoms. The lowest BCUT2D eigenvalue weighted by molar-refractivity contribution is -0.139. The molecular weight excluding hydrogens is 374 g/mol. The summed E-state index contributed by atoms with van der Waals surface area (Å²) in [5.41, 5.74) is -2.49. The Bertz CT molecular complexity index is 874. The fourth-order valence-electron chi connectivity index (χ4n) is 1.78. The molecule has 0 unspecified atom stereocenters. The minimum Gasteiger partial charge on any atom is -0.465 e. The van der Waals surface area contributed by atoms with Crippen LogP contribution >= 0.6 is 11.3 Å². The zero-order valence-electron chi connectivity index (χ0n) is 11.8. The van der Waals surface area contributed by atoms with E-state index in [1.165, 1.54) is 5.38 Å². The van der Waals surface area contributed by atoms with Gasteiger partial charge >= 0.3 is 12.1 Å². The number of rotatable bonds is 4. The number of halogens is 4. The molecule has 0 saturated carbocycles. The molecule has 2 aromatic rings. The highest BCUT2D eigenvalue weighted by atomic mass is 32.2. The summed E-state index contributed by atoms with van der Waals surface area (Å²) < 4.78 is 82.6. The third-order valence-electron chi connectivity index (χ3n) is 2.84. The second-order valence-electron chi connectivity index (χ2n) is 4.38. The van der Waals surface area contributed by atoms with Gasteiger partial charge in [0.05, 0.1) is 18.4 Å². The molecule has 1 N–H and O–H groups in total. The lowest BCUT2D eigenvalue weighted by Gasteiger charge is -2.13. The molecule has 0 aliphatic heterocycles. The molecule has 1 aromatic heterocycles. The summed E-state index contributed by atoms with van der Waals surface area (Å²) in [5.74, 6) is -2.70. The van der Waals surface area contributed by atoms with Gasteiger partial charge < -0.3 is 4.74 Å². The van der Waals surface area contributed by atoms with E-state index in [-0.39, 0.29) is 4.88 Å². The second-order valence-corrected chi connectivity index (χ2v) is 6.94. The van der Waals surface area contributed by atoms with Gasteiger partial charge in [0.1, 0.15) is 9.77 Å². The van der Waals surface area contributed by atoms with E-state index in [0.717, 1.165) is 36.6 Å². The number of anilines is 1. The molecule has 0 fully saturated rings. The molecule has 0 amide bonds. The first-order valence-corrected chi connectivity index (χ1v) is 8.48. The molecule has 0 aliphatic rings. The molecule has 2 rings (SSSR count). The van der Waals surface area contributed by atoms with Gasteiger partial charge in [0.25, 0.3) is 10.0 Å². The zero-order valence-corrected chi connectivity index (χ0v) is 13.5. The molecule has 0 saturated heterocycles. The predicted octanol–water partition coefficient (Wildman–Crippen LogP) is 3.49. The maximum absolute atomic E-state index is 13.9. The molecule has 0 radical (unpaired) electrons. The van der Waals surface area contributed by atoms with Crippen molar-refractivity contribution in [3.05, 3.63) is 45.9 Å². The molecule has 5 nitrogen and oxygen atoms in total. The van der Waals surface area contributed by atoms with E-state index in [1.807, 2.05) is 0 Å². The molecular formula is C13H9F4NO4S2. The largest absolute Gasteiger partial charge is 0.465 e. The van der Waals surface area contributed by atoms with Crippen LogP contribution < -0.4 is 4.72 Å². The van der Waals surface area contributed by atoms with Crippen molar-refractivity contribution in [2.75, 3.05) is 11.8 Å². The van der Waals surface area contributed by atoms with Crippen molar-refractivity contribution in [3.63, 3.8) is 0 Å². The third-order valence-corrected chi connectivity index (χ3v) is 5.27. The van der Waals surface area contributed by atoms with Gasteiger partial charge in [-0.05, 0) is 23.6 Å². The van der Waals surface area contributed by atoms with E-state index in [1.54, 1.807) is 4.72 Å². The summed E-state index contributed by atoms with van der Waals surface area (Å²) in [6, 6.07) is 3.24. The number of hydrogen-bond donors (Lipinski definition) is 1. The van der Waals surface area contributed by atoms with Gasteiger partial charge in [0, 0.05) is 0 Å². The number of carbonyl (C=O) groups excluding carboxylic acids is 1. The van der Waals surface area contributed by atoms with Crippen LogP contribution in [0.4, 0.5) is 23.2 Å². The third kappa shape index (κ3) is 3.51. The first-order valence-electron chi connectivity index (χ1n) is 6.12. The van der Waals surface area contributed by atoms with Crippen LogP contribution in [0.25, 0.3) is 0 Å². The van der Waals surface area contributed by atoms with Crippen molar-refractivity contribution >= 4 is 33.0 Å². The topological polar surface area (TPSA) is 72.5 Å². The maximum atomic E-state index is 13.9. The Balaban J connectivity index is 2.45. The van der Waals surface area contributed by atoms with Gasteiger partial charge in [-0.15, -0.1) is 11.3 Å². The summed E-state index contributed by atoms with van der Waals surface area (Å²) >= 11 is 0.764. The number of methoxy groups -OCH3 is 1. The lowest BCUT2D eigenvalue weighted by Crippen LogP contribution is -2.18. The quantitative estimate of drug-likeness (QED) is 0.648. The standard InChI is InChI=1S/C13H9F4NO4S2/c1-22-12(19)11-9(5-6-23-11)24(20,21)18-8-4-2-3-7(10(8)14)13(15,16)17/h2-6,18H,1H3. The number of benzene rings is 1. The van der Waals surface area contributed by atoms with Crippen molar-refractivity contribution in [2.45, 2.75) is 11.1 Å². The molecule has 130 valence electrons. The van der Waals surface area contributed by atoms with Gasteiger partial charge in [0.15, 0.2) is 5.82 Å². The first kappa shape index (κ1) is 18.2. The number of nitrogens with one attached hydrogen (secondary N) is 1. The monoisotopic (exact) mass is 383 g/mol. The summed E-state index contributed by atoms with van der Waals surface area (Å²) in [6.45, 7) is 0. The molecule has 1 aromatic carbocycles. The Morgan fingerprint density at radius 1 is 1.25 bits per heavy atom. The van der Waals surface area contributed by atoms with Gasteiger partial charge in [-0.1, -0.05) is 6.07 Å². The van der Waals surface area contributed by atoms with Gasteiger partial charge in [-0.3, -0.25) is 4.72 Å². The number of thiophene rings is 1. The number of hydrogen-bond acceptors (Lipinski definition) is 5. The molecule has 1 heterocycles. The SMILES string of the molecule is COC(=O)c1sccc1S(=O)(=O)Nc1cccc(C(F)(F)F)c1F. The van der Waals surface area contributed by atoms with Crippen molar-refractivity contribution in [1.29, 1.82) is 0 Å². The molecule has 0 aliphatic carbocycles. The zero-order chi connectivity index (χ0) is 18.1. The second kappa shape index (κ2) is 6.40. The molecule has 0 atom stereocenters. The van der Waals surface area contributed by atoms with Crippen molar-refractivity contribution in [3.8, 4) is 0 Å². The number of alkyl halides is 3. The predicted molar refractivity (Wildman–Crippen MR) is 77.9 cm³/mol. The van der Waals surface area contributed by atoms with Crippen molar-refractivity contribution < 1.29 is 35.5 Å². The highest BCUT2D eigenvalue weighted by Gasteiger charge is 2.35. The smallest absolute Gasteiger partial charge is 0.419 e. The van der Waals surface area contributed by atoms with Crippen LogP contribution in [0.5, 0.6) is 0 Å². The van der Waals surface area contributed by atoms with Crippen LogP contribution in [0.2, 0.25) is 0 Å². The van der Waals surface area contributed by atoms with Crippen LogP contribution in [-0.4, -0.2) is 21.5 Å². The summed E-state index contributed by atoms with van der Waals surface area (Å²) in [6.07, 6.45) is -4.98. The Morgan fingerprint density at radius 3 is 2.50 bits per heavy atom. The summed E-state index contributed by atoms with van der Waals surface area (Å²) in [5, 5.41) is 1.28. The minimum absolute atomic E-state index is 0.280. The van der Waals surface area contributed by atoms with E-state index < -0.39 is 44.1 Å². The maximum Gasteiger partial charge on any atom is 0.419 e. The number of ether oxygens (including phenoxy) is 1. The average molecular weight is 383 g/mol. The van der Waals surface area contributed by atoms with Crippen LogP contribution in [0.15, 0.2) is 34.5 Å². The van der Waals surface area contributed by atoms with E-state index in [9.17, 15) is 30.8 Å². The highest BCUT2D eigenvalue weighted by molar-refractivity contribution is 7.93. The van der Waals surface area contributed by atoms with Gasteiger partial charge in [-0.25, -0.2) is 17.6 Å². The Kier molecular flexibility index (Phi) is 4.85. The fraction of sp³-hybridized carbons (Fsp3) is 0.154. The number of esters is 1. The van der Waals surface area contributed by atoms with E-state index in [4.69, 9.17) is 0 Å². The van der Waals surface area contributed by atoms with E-state index >= 15 is 0 Å². The minimum atomic E-state index is -4.98. The van der Waals surface area contributed by atoms with Crippen LogP contribution in [0.1, 0.15) is 15.2 Å². The van der Waals surface area contributed by atoms with Gasteiger partial charge in [-0.2, -0.15) is 13.2 Å². The average Bonchev–Trinajstić information content (AvgIpc) is 2.97. The lowest BCUT2D eigenvalue weighted by atomic mass is 10.2. The highest BCUT2D eigenvalue weighted by Crippen LogP contribution is 2.35. The van der Waals surface area contributed by atoms with E-state index in [0.29, 0.717) is 6.07 Å². The summed E-state index contributed by atoms with van der Waals surface area (Å²) in [7, 11) is -3.45. The normalized spacial score (nSPS) is 12.0. The van der Waals surface area contributed by atoms with Crippen LogP contribution in [-0.2, 0) is 20.9 Å². The molecule has 0 bridgehead atoms. The Morgan fingerprint density at radius 2 is 1.92 bits per heavy atom. The van der Waals surface area contributed by atoms with Crippen molar-refractivity contribution in [1.82, 2.24) is 0 Å². The summed E-state index contributed by atoms with van der Waals surface area (Å²) in [4.78, 5) is 10.7. The Labute approximate surface area is 137 Å². The molecule has 11 heteroatoms. The van der Waals surface area contributed by atoms with Crippen LogP contribution in [0.3, 0.4) is 0 Å². The molecule has 0 spiro atoms.